The number of aliphatic carboxylic acids is 1. The predicted molar refractivity (Wildman–Crippen MR) is 61.4 cm³/mol. The van der Waals surface area contributed by atoms with Gasteiger partial charge in [-0.15, -0.1) is 0 Å². The lowest BCUT2D eigenvalue weighted by molar-refractivity contribution is -0.147. The SMILES string of the molecule is COCCC(N)C(=O)NC1(C(=O)O)CCCC1. The number of carbonyl (C=O) groups is 2. The average Bonchev–Trinajstić information content (AvgIpc) is 2.75. The Morgan fingerprint density at radius 1 is 1.47 bits per heavy atom. The summed E-state index contributed by atoms with van der Waals surface area (Å²) in [5, 5.41) is 11.8. The van der Waals surface area contributed by atoms with Crippen LogP contribution in [0.5, 0.6) is 0 Å². The number of hydrogen-bond donors (Lipinski definition) is 3. The number of nitrogens with two attached hydrogens (primary N) is 1. The van der Waals surface area contributed by atoms with Gasteiger partial charge in [-0.1, -0.05) is 12.8 Å². The lowest BCUT2D eigenvalue weighted by atomic mass is 9.97. The summed E-state index contributed by atoms with van der Waals surface area (Å²) in [6, 6.07) is -0.716. The Morgan fingerprint density at radius 3 is 2.53 bits per heavy atom. The molecule has 0 heterocycles. The van der Waals surface area contributed by atoms with Crippen LogP contribution in [-0.4, -0.2) is 42.3 Å². The van der Waals surface area contributed by atoms with Crippen molar-refractivity contribution in [2.45, 2.75) is 43.7 Å². The summed E-state index contributed by atoms with van der Waals surface area (Å²) in [5.41, 5.74) is 4.55. The van der Waals surface area contributed by atoms with E-state index in [1.54, 1.807) is 0 Å². The highest BCUT2D eigenvalue weighted by Crippen LogP contribution is 2.29. The highest BCUT2D eigenvalue weighted by molar-refractivity contribution is 5.89. The largest absolute Gasteiger partial charge is 0.480 e. The number of carboxylic acids is 1. The minimum absolute atomic E-state index is 0.384. The molecule has 0 aromatic rings. The van der Waals surface area contributed by atoms with Crippen LogP contribution in [0.3, 0.4) is 0 Å². The maximum Gasteiger partial charge on any atom is 0.329 e. The highest BCUT2D eigenvalue weighted by atomic mass is 16.5. The van der Waals surface area contributed by atoms with Gasteiger partial charge >= 0.3 is 5.97 Å². The number of amides is 1. The number of rotatable bonds is 6. The Kier molecular flexibility index (Phi) is 4.89. The van der Waals surface area contributed by atoms with Crippen molar-refractivity contribution in [3.8, 4) is 0 Å². The molecule has 1 amide bonds. The molecule has 0 aromatic carbocycles. The molecule has 0 saturated heterocycles. The molecule has 1 atom stereocenters. The summed E-state index contributed by atoms with van der Waals surface area (Å²) < 4.78 is 4.83. The first-order valence-corrected chi connectivity index (χ1v) is 5.82. The molecule has 0 aromatic heterocycles. The van der Waals surface area contributed by atoms with E-state index in [0.29, 0.717) is 25.9 Å². The summed E-state index contributed by atoms with van der Waals surface area (Å²) in [6.07, 6.45) is 2.98. The van der Waals surface area contributed by atoms with E-state index in [1.807, 2.05) is 0 Å². The van der Waals surface area contributed by atoms with E-state index in [1.165, 1.54) is 7.11 Å². The topological polar surface area (TPSA) is 102 Å². The summed E-state index contributed by atoms with van der Waals surface area (Å²) in [7, 11) is 1.53. The van der Waals surface area contributed by atoms with Crippen LogP contribution in [0, 0.1) is 0 Å². The van der Waals surface area contributed by atoms with Crippen molar-refractivity contribution in [1.82, 2.24) is 5.32 Å². The molecule has 0 radical (unpaired) electrons. The number of carbonyl (C=O) groups excluding carboxylic acids is 1. The minimum atomic E-state index is -1.11. The van der Waals surface area contributed by atoms with Crippen LogP contribution in [0.1, 0.15) is 32.1 Å². The highest BCUT2D eigenvalue weighted by Gasteiger charge is 2.43. The Balaban J connectivity index is 2.56. The van der Waals surface area contributed by atoms with Crippen LogP contribution in [0.4, 0.5) is 0 Å². The Morgan fingerprint density at radius 2 is 2.06 bits per heavy atom. The maximum absolute atomic E-state index is 11.8. The number of carboxylic acid groups (broad SMARTS) is 1. The third kappa shape index (κ3) is 3.41. The molecule has 1 rings (SSSR count). The zero-order chi connectivity index (χ0) is 12.9. The second kappa shape index (κ2) is 5.97. The third-order valence-electron chi connectivity index (χ3n) is 3.20. The normalized spacial score (nSPS) is 19.9. The zero-order valence-corrected chi connectivity index (χ0v) is 10.1. The third-order valence-corrected chi connectivity index (χ3v) is 3.20. The van der Waals surface area contributed by atoms with Gasteiger partial charge in [0.25, 0.3) is 0 Å². The van der Waals surface area contributed by atoms with Crippen molar-refractivity contribution in [3.63, 3.8) is 0 Å². The van der Waals surface area contributed by atoms with Gasteiger partial charge in [-0.2, -0.15) is 0 Å². The van der Waals surface area contributed by atoms with Crippen LogP contribution in [0.25, 0.3) is 0 Å². The van der Waals surface area contributed by atoms with E-state index < -0.39 is 23.5 Å². The molecule has 1 fully saturated rings. The van der Waals surface area contributed by atoms with E-state index in [-0.39, 0.29) is 0 Å². The van der Waals surface area contributed by atoms with E-state index in [4.69, 9.17) is 10.5 Å². The molecule has 1 unspecified atom stereocenters. The van der Waals surface area contributed by atoms with Crippen molar-refractivity contribution in [2.75, 3.05) is 13.7 Å². The van der Waals surface area contributed by atoms with Crippen LogP contribution >= 0.6 is 0 Å². The van der Waals surface area contributed by atoms with Gasteiger partial charge in [-0.25, -0.2) is 4.79 Å². The van der Waals surface area contributed by atoms with Gasteiger partial charge in [0.1, 0.15) is 5.54 Å². The molecule has 1 aliphatic carbocycles. The monoisotopic (exact) mass is 244 g/mol. The summed E-state index contributed by atoms with van der Waals surface area (Å²) >= 11 is 0. The Labute approximate surface area is 101 Å². The Hall–Kier alpha value is -1.14. The van der Waals surface area contributed by atoms with Crippen LogP contribution in [0.15, 0.2) is 0 Å². The van der Waals surface area contributed by atoms with Gasteiger partial charge in [0.15, 0.2) is 0 Å². The molecular formula is C11H20N2O4. The second-order valence-corrected chi connectivity index (χ2v) is 4.47. The van der Waals surface area contributed by atoms with E-state index in [9.17, 15) is 14.7 Å². The lowest BCUT2D eigenvalue weighted by Crippen LogP contribution is -2.56. The van der Waals surface area contributed by atoms with Crippen molar-refractivity contribution in [2.24, 2.45) is 5.73 Å². The lowest BCUT2D eigenvalue weighted by Gasteiger charge is -2.26. The first-order valence-electron chi connectivity index (χ1n) is 5.82. The number of methoxy groups -OCH3 is 1. The van der Waals surface area contributed by atoms with Crippen LogP contribution in [-0.2, 0) is 14.3 Å². The number of nitrogens with one attached hydrogen (secondary N) is 1. The second-order valence-electron chi connectivity index (χ2n) is 4.47. The van der Waals surface area contributed by atoms with Crippen molar-refractivity contribution >= 4 is 11.9 Å². The van der Waals surface area contributed by atoms with E-state index in [2.05, 4.69) is 5.32 Å². The molecular weight excluding hydrogens is 224 g/mol. The fraction of sp³-hybridized carbons (Fsp3) is 0.818. The molecule has 98 valence electrons. The molecule has 1 saturated carbocycles. The fourth-order valence-electron chi connectivity index (χ4n) is 2.08. The summed E-state index contributed by atoms with van der Waals surface area (Å²) in [5.74, 6) is -1.38. The van der Waals surface area contributed by atoms with Gasteiger partial charge in [0, 0.05) is 13.7 Å². The molecule has 6 heteroatoms. The predicted octanol–water partition coefficient (Wildman–Crippen LogP) is -0.136. The minimum Gasteiger partial charge on any atom is -0.480 e. The summed E-state index contributed by atoms with van der Waals surface area (Å²) in [6.45, 7) is 0.384. The Bertz CT molecular complexity index is 287. The van der Waals surface area contributed by atoms with Crippen molar-refractivity contribution < 1.29 is 19.4 Å². The first-order chi connectivity index (χ1) is 8.02. The van der Waals surface area contributed by atoms with E-state index >= 15 is 0 Å². The van der Waals surface area contributed by atoms with Crippen LogP contribution in [0.2, 0.25) is 0 Å². The smallest absolute Gasteiger partial charge is 0.329 e. The molecule has 6 nitrogen and oxygen atoms in total. The van der Waals surface area contributed by atoms with Gasteiger partial charge in [0.2, 0.25) is 5.91 Å². The molecule has 1 aliphatic rings. The average molecular weight is 244 g/mol. The molecule has 0 bridgehead atoms. The van der Waals surface area contributed by atoms with Gasteiger partial charge < -0.3 is 20.9 Å². The van der Waals surface area contributed by atoms with Gasteiger partial charge in [-0.3, -0.25) is 4.79 Å². The molecule has 4 N–H and O–H groups in total. The number of ether oxygens (including phenoxy) is 1. The fourth-order valence-corrected chi connectivity index (χ4v) is 2.08. The van der Waals surface area contributed by atoms with Crippen LogP contribution < -0.4 is 11.1 Å². The van der Waals surface area contributed by atoms with Gasteiger partial charge in [0.05, 0.1) is 6.04 Å². The molecule has 17 heavy (non-hydrogen) atoms. The summed E-state index contributed by atoms with van der Waals surface area (Å²) in [4.78, 5) is 23.0. The molecule has 0 aliphatic heterocycles. The van der Waals surface area contributed by atoms with E-state index in [0.717, 1.165) is 12.8 Å². The van der Waals surface area contributed by atoms with Crippen molar-refractivity contribution in [1.29, 1.82) is 0 Å². The number of hydrogen-bond acceptors (Lipinski definition) is 4. The molecule has 0 spiro atoms. The standard InChI is InChI=1S/C11H20N2O4/c1-17-7-4-8(12)9(14)13-11(10(15)16)5-2-3-6-11/h8H,2-7,12H2,1H3,(H,13,14)(H,15,16). The van der Waals surface area contributed by atoms with Gasteiger partial charge in [-0.05, 0) is 19.3 Å². The van der Waals surface area contributed by atoms with Crippen molar-refractivity contribution in [3.05, 3.63) is 0 Å². The zero-order valence-electron chi connectivity index (χ0n) is 10.1. The quantitative estimate of drug-likeness (QED) is 0.604. The first kappa shape index (κ1) is 13.9. The maximum atomic E-state index is 11.8.